The minimum Gasteiger partial charge on any atom is -0.265 e. The van der Waals surface area contributed by atoms with Crippen molar-refractivity contribution in [2.75, 3.05) is 0 Å². The molecule has 1 aromatic heterocycles. The summed E-state index contributed by atoms with van der Waals surface area (Å²) in [5.41, 5.74) is 6.81. The maximum Gasteiger partial charge on any atom is 0.0270 e. The van der Waals surface area contributed by atoms with Gasteiger partial charge in [0.25, 0.3) is 0 Å². The van der Waals surface area contributed by atoms with Crippen molar-refractivity contribution < 1.29 is 0 Å². The molecule has 0 radical (unpaired) electrons. The van der Waals surface area contributed by atoms with E-state index in [9.17, 15) is 0 Å². The molecule has 0 fully saturated rings. The molecule has 0 amide bonds. The third kappa shape index (κ3) is 2.49. The number of nitrogens with zero attached hydrogens (tertiary/aromatic N) is 1. The van der Waals surface area contributed by atoms with Gasteiger partial charge in [-0.2, -0.15) is 0 Å². The lowest BCUT2D eigenvalue weighted by atomic mass is 9.72. The highest BCUT2D eigenvalue weighted by atomic mass is 14.6. The Balaban J connectivity index is 1.92. The third-order valence-corrected chi connectivity index (χ3v) is 4.79. The van der Waals surface area contributed by atoms with Gasteiger partial charge in [0, 0.05) is 24.2 Å². The summed E-state index contributed by atoms with van der Waals surface area (Å²) in [6, 6.07) is 21.7. The van der Waals surface area contributed by atoms with E-state index < -0.39 is 0 Å². The molecule has 0 saturated heterocycles. The highest BCUT2D eigenvalue weighted by Gasteiger charge is 2.29. The maximum atomic E-state index is 4.18. The molecule has 2 unspecified atom stereocenters. The summed E-state index contributed by atoms with van der Waals surface area (Å²) in [5, 5.41) is 0. The summed E-state index contributed by atoms with van der Waals surface area (Å²) in [4.78, 5) is 4.18. The molecular formula is C22H19N. The number of allylic oxidation sites excluding steroid dienone is 1. The fraction of sp³-hybridized carbons (Fsp3) is 0.136. The lowest BCUT2D eigenvalue weighted by Crippen LogP contribution is -2.16. The van der Waals surface area contributed by atoms with E-state index in [1.807, 2.05) is 12.4 Å². The quantitative estimate of drug-likeness (QED) is 0.623. The first-order valence-electron chi connectivity index (χ1n) is 8.07. The van der Waals surface area contributed by atoms with E-state index in [2.05, 4.69) is 84.7 Å². The predicted molar refractivity (Wildman–Crippen MR) is 95.5 cm³/mol. The Bertz CT molecular complexity index is 849. The van der Waals surface area contributed by atoms with Crippen LogP contribution < -0.4 is 0 Å². The monoisotopic (exact) mass is 297 g/mol. The Morgan fingerprint density at radius 3 is 2.26 bits per heavy atom. The van der Waals surface area contributed by atoms with Gasteiger partial charge in [-0.25, -0.2) is 0 Å². The Morgan fingerprint density at radius 2 is 1.48 bits per heavy atom. The van der Waals surface area contributed by atoms with E-state index in [-0.39, 0.29) is 0 Å². The summed E-state index contributed by atoms with van der Waals surface area (Å²) >= 11 is 0. The fourth-order valence-electron chi connectivity index (χ4n) is 3.64. The lowest BCUT2D eigenvalue weighted by molar-refractivity contribution is 0.702. The summed E-state index contributed by atoms with van der Waals surface area (Å²) in [5.74, 6) is 0.689. The summed E-state index contributed by atoms with van der Waals surface area (Å²) in [7, 11) is 0. The van der Waals surface area contributed by atoms with Crippen LogP contribution in [-0.4, -0.2) is 4.98 Å². The van der Waals surface area contributed by atoms with Crippen LogP contribution in [0.2, 0.25) is 0 Å². The number of aromatic nitrogens is 1. The largest absolute Gasteiger partial charge is 0.265 e. The Kier molecular flexibility index (Phi) is 3.55. The van der Waals surface area contributed by atoms with Crippen LogP contribution >= 0.6 is 0 Å². The van der Waals surface area contributed by atoms with E-state index >= 15 is 0 Å². The molecule has 23 heavy (non-hydrogen) atoms. The molecule has 0 saturated carbocycles. The molecule has 1 heterocycles. The summed E-state index contributed by atoms with van der Waals surface area (Å²) in [6.45, 7) is 2.21. The topological polar surface area (TPSA) is 12.9 Å². The van der Waals surface area contributed by atoms with Gasteiger partial charge >= 0.3 is 0 Å². The van der Waals surface area contributed by atoms with Gasteiger partial charge < -0.3 is 0 Å². The van der Waals surface area contributed by atoms with E-state index in [1.54, 1.807) is 0 Å². The molecule has 0 spiro atoms. The number of hydrogen-bond donors (Lipinski definition) is 0. The minimum absolute atomic E-state index is 0.342. The smallest absolute Gasteiger partial charge is 0.0270 e. The first-order chi connectivity index (χ1) is 11.3. The molecule has 1 aliphatic rings. The molecule has 0 aliphatic heterocycles. The average molecular weight is 297 g/mol. The van der Waals surface area contributed by atoms with Gasteiger partial charge in [0.15, 0.2) is 0 Å². The standard InChI is InChI=1S/C22H19N/c1-16-6-2-4-8-19(16)22-20-9-5-3-7-17(20)10-11-21(22)18-12-14-23-15-13-18/h2-15,21-22H,1H3. The van der Waals surface area contributed by atoms with Crippen molar-refractivity contribution in [1.29, 1.82) is 0 Å². The van der Waals surface area contributed by atoms with Crippen LogP contribution in [0.3, 0.4) is 0 Å². The van der Waals surface area contributed by atoms with Crippen molar-refractivity contribution >= 4 is 6.08 Å². The molecule has 2 atom stereocenters. The molecule has 0 bridgehead atoms. The number of fused-ring (bicyclic) bond motifs is 1. The van der Waals surface area contributed by atoms with Crippen LogP contribution in [0, 0.1) is 6.92 Å². The SMILES string of the molecule is Cc1ccccc1C1c2ccccc2C=CC1c1ccncc1. The van der Waals surface area contributed by atoms with Gasteiger partial charge in [-0.3, -0.25) is 4.98 Å². The zero-order chi connectivity index (χ0) is 15.6. The second-order valence-electron chi connectivity index (χ2n) is 6.13. The van der Waals surface area contributed by atoms with Gasteiger partial charge in [0.1, 0.15) is 0 Å². The molecule has 1 nitrogen and oxygen atoms in total. The highest BCUT2D eigenvalue weighted by molar-refractivity contribution is 5.63. The van der Waals surface area contributed by atoms with Crippen LogP contribution in [0.25, 0.3) is 6.08 Å². The average Bonchev–Trinajstić information content (AvgIpc) is 2.62. The van der Waals surface area contributed by atoms with E-state index in [4.69, 9.17) is 0 Å². The second-order valence-corrected chi connectivity index (χ2v) is 6.13. The molecule has 0 N–H and O–H groups in total. The van der Waals surface area contributed by atoms with Gasteiger partial charge in [0.05, 0.1) is 0 Å². The van der Waals surface area contributed by atoms with E-state index in [0.717, 1.165) is 0 Å². The minimum atomic E-state index is 0.342. The Hall–Kier alpha value is -2.67. The first kappa shape index (κ1) is 14.0. The molecule has 3 aromatic rings. The van der Waals surface area contributed by atoms with Crippen LogP contribution in [-0.2, 0) is 0 Å². The molecule has 2 aromatic carbocycles. The number of aryl methyl sites for hydroxylation is 1. The van der Waals surface area contributed by atoms with Crippen LogP contribution in [0.1, 0.15) is 39.7 Å². The van der Waals surface area contributed by atoms with Crippen LogP contribution in [0.5, 0.6) is 0 Å². The molecule has 1 aliphatic carbocycles. The van der Waals surface area contributed by atoms with Crippen molar-refractivity contribution in [3.8, 4) is 0 Å². The molecular weight excluding hydrogens is 278 g/mol. The molecule has 112 valence electrons. The number of benzene rings is 2. The van der Waals surface area contributed by atoms with Crippen LogP contribution in [0.4, 0.5) is 0 Å². The fourth-order valence-corrected chi connectivity index (χ4v) is 3.64. The first-order valence-corrected chi connectivity index (χ1v) is 8.07. The number of pyridine rings is 1. The van der Waals surface area contributed by atoms with Gasteiger partial charge in [0.2, 0.25) is 0 Å². The zero-order valence-electron chi connectivity index (χ0n) is 13.2. The maximum absolute atomic E-state index is 4.18. The summed E-state index contributed by atoms with van der Waals surface area (Å²) < 4.78 is 0. The molecule has 4 rings (SSSR count). The normalized spacial score (nSPS) is 19.3. The van der Waals surface area contributed by atoms with Crippen molar-refractivity contribution in [1.82, 2.24) is 4.98 Å². The lowest BCUT2D eigenvalue weighted by Gasteiger charge is -2.31. The predicted octanol–water partition coefficient (Wildman–Crippen LogP) is 5.33. The number of rotatable bonds is 2. The van der Waals surface area contributed by atoms with E-state index in [1.165, 1.54) is 27.8 Å². The Labute approximate surface area is 137 Å². The zero-order valence-corrected chi connectivity index (χ0v) is 13.2. The third-order valence-electron chi connectivity index (χ3n) is 4.79. The Morgan fingerprint density at radius 1 is 0.783 bits per heavy atom. The van der Waals surface area contributed by atoms with Crippen molar-refractivity contribution in [3.63, 3.8) is 0 Å². The number of hydrogen-bond acceptors (Lipinski definition) is 1. The highest BCUT2D eigenvalue weighted by Crippen LogP contribution is 2.45. The van der Waals surface area contributed by atoms with Crippen LogP contribution in [0.15, 0.2) is 79.1 Å². The van der Waals surface area contributed by atoms with Crippen molar-refractivity contribution in [3.05, 3.63) is 107 Å². The van der Waals surface area contributed by atoms with Crippen molar-refractivity contribution in [2.45, 2.75) is 18.8 Å². The van der Waals surface area contributed by atoms with Gasteiger partial charge in [-0.05, 0) is 46.9 Å². The molecule has 1 heteroatoms. The second kappa shape index (κ2) is 5.85. The summed E-state index contributed by atoms with van der Waals surface area (Å²) in [6.07, 6.45) is 8.38. The van der Waals surface area contributed by atoms with Crippen molar-refractivity contribution in [2.24, 2.45) is 0 Å². The van der Waals surface area contributed by atoms with Gasteiger partial charge in [-0.15, -0.1) is 0 Å². The van der Waals surface area contributed by atoms with Gasteiger partial charge in [-0.1, -0.05) is 60.7 Å². The van der Waals surface area contributed by atoms with E-state index in [0.29, 0.717) is 11.8 Å².